The summed E-state index contributed by atoms with van der Waals surface area (Å²) in [6.45, 7) is 2.08. The fourth-order valence-electron chi connectivity index (χ4n) is 2.30. The first kappa shape index (κ1) is 17.7. The predicted molar refractivity (Wildman–Crippen MR) is 83.3 cm³/mol. The van der Waals surface area contributed by atoms with E-state index in [0.717, 1.165) is 6.07 Å². The first-order chi connectivity index (χ1) is 11.0. The molecule has 1 saturated heterocycles. The van der Waals surface area contributed by atoms with Crippen molar-refractivity contribution in [1.82, 2.24) is 4.72 Å². The number of carboxylic acids is 1. The Morgan fingerprint density at radius 2 is 2.00 bits per heavy atom. The van der Waals surface area contributed by atoms with E-state index < -0.39 is 16.0 Å². The molecule has 1 aromatic carbocycles. The zero-order valence-corrected chi connectivity index (χ0v) is 13.4. The molecule has 0 radical (unpaired) electrons. The highest BCUT2D eigenvalue weighted by molar-refractivity contribution is 7.89. The molecule has 0 aromatic heterocycles. The van der Waals surface area contributed by atoms with Crippen molar-refractivity contribution in [3.63, 3.8) is 0 Å². The Morgan fingerprint density at radius 1 is 1.30 bits per heavy atom. The second kappa shape index (κ2) is 7.73. The maximum absolute atomic E-state index is 12.2. The maximum atomic E-state index is 12.2. The number of carboxylic acid groups (broad SMARTS) is 1. The number of carbonyl (C=O) groups is 1. The number of aromatic carboxylic acids is 1. The van der Waals surface area contributed by atoms with Crippen molar-refractivity contribution < 1.29 is 28.2 Å². The van der Waals surface area contributed by atoms with E-state index in [9.17, 15) is 18.3 Å². The molecule has 0 saturated carbocycles. The van der Waals surface area contributed by atoms with E-state index >= 15 is 0 Å². The average Bonchev–Trinajstić information content (AvgIpc) is 2.55. The van der Waals surface area contributed by atoms with Gasteiger partial charge in [-0.05, 0) is 24.6 Å². The number of anilines is 1. The molecule has 9 heteroatoms. The van der Waals surface area contributed by atoms with Crippen LogP contribution in [0.4, 0.5) is 5.69 Å². The van der Waals surface area contributed by atoms with Crippen molar-refractivity contribution >= 4 is 21.7 Å². The van der Waals surface area contributed by atoms with Crippen LogP contribution in [0.1, 0.15) is 16.8 Å². The molecule has 0 bridgehead atoms. The lowest BCUT2D eigenvalue weighted by atomic mass is 10.1. The number of nitrogens with one attached hydrogen (secondary N) is 1. The van der Waals surface area contributed by atoms with Crippen LogP contribution >= 0.6 is 0 Å². The highest BCUT2D eigenvalue weighted by Crippen LogP contribution is 2.25. The number of hydrogen-bond donors (Lipinski definition) is 3. The largest absolute Gasteiger partial charge is 0.478 e. The minimum absolute atomic E-state index is 0.0584. The van der Waals surface area contributed by atoms with Gasteiger partial charge in [-0.2, -0.15) is 0 Å². The molecule has 0 atom stereocenters. The van der Waals surface area contributed by atoms with Gasteiger partial charge in [-0.25, -0.2) is 17.9 Å². The Kier molecular flexibility index (Phi) is 5.94. The molecule has 3 N–H and O–H groups in total. The van der Waals surface area contributed by atoms with Gasteiger partial charge in [0.05, 0.1) is 29.4 Å². The fraction of sp³-hybridized carbons (Fsp3) is 0.500. The average molecular weight is 344 g/mol. The van der Waals surface area contributed by atoms with Crippen LogP contribution in [-0.4, -0.2) is 64.1 Å². The van der Waals surface area contributed by atoms with Crippen molar-refractivity contribution in [3.8, 4) is 0 Å². The van der Waals surface area contributed by atoms with Gasteiger partial charge in [-0.3, -0.25) is 0 Å². The number of nitrogens with zero attached hydrogens (tertiary/aromatic N) is 1. The smallest absolute Gasteiger partial charge is 0.337 e. The Balaban J connectivity index is 2.30. The molecule has 0 spiro atoms. The van der Waals surface area contributed by atoms with Gasteiger partial charge in [-0.1, -0.05) is 0 Å². The summed E-state index contributed by atoms with van der Waals surface area (Å²) >= 11 is 0. The Morgan fingerprint density at radius 3 is 2.61 bits per heavy atom. The highest BCUT2D eigenvalue weighted by atomic mass is 32.2. The number of rotatable bonds is 7. The maximum Gasteiger partial charge on any atom is 0.337 e. The molecule has 128 valence electrons. The minimum Gasteiger partial charge on any atom is -0.478 e. The van der Waals surface area contributed by atoms with Gasteiger partial charge >= 0.3 is 5.97 Å². The minimum atomic E-state index is -3.80. The molecule has 8 nitrogen and oxygen atoms in total. The molecule has 1 fully saturated rings. The summed E-state index contributed by atoms with van der Waals surface area (Å²) in [5.74, 6) is -1.18. The van der Waals surface area contributed by atoms with Gasteiger partial charge in [0.15, 0.2) is 0 Å². The van der Waals surface area contributed by atoms with Crippen LogP contribution in [-0.2, 0) is 14.8 Å². The molecule has 1 aromatic rings. The number of benzene rings is 1. The summed E-state index contributed by atoms with van der Waals surface area (Å²) < 4.78 is 31.9. The van der Waals surface area contributed by atoms with E-state index in [0.29, 0.717) is 32.0 Å². The Bertz CT molecular complexity index is 655. The second-order valence-corrected chi connectivity index (χ2v) is 6.83. The van der Waals surface area contributed by atoms with E-state index in [4.69, 9.17) is 9.84 Å². The van der Waals surface area contributed by atoms with Gasteiger partial charge in [0.2, 0.25) is 10.0 Å². The van der Waals surface area contributed by atoms with Crippen molar-refractivity contribution in [1.29, 1.82) is 0 Å². The molecule has 1 aliphatic heterocycles. The van der Waals surface area contributed by atoms with Crippen LogP contribution in [0.25, 0.3) is 0 Å². The summed E-state index contributed by atoms with van der Waals surface area (Å²) in [7, 11) is -3.80. The van der Waals surface area contributed by atoms with Gasteiger partial charge < -0.3 is 19.8 Å². The first-order valence-corrected chi connectivity index (χ1v) is 8.74. The molecule has 23 heavy (non-hydrogen) atoms. The summed E-state index contributed by atoms with van der Waals surface area (Å²) in [4.78, 5) is 13.3. The number of sulfonamides is 1. The number of ether oxygens (including phenoxy) is 1. The first-order valence-electron chi connectivity index (χ1n) is 7.26. The van der Waals surface area contributed by atoms with Crippen LogP contribution in [0, 0.1) is 0 Å². The zero-order chi connectivity index (χ0) is 16.9. The van der Waals surface area contributed by atoms with Crippen molar-refractivity contribution in [2.45, 2.75) is 11.3 Å². The van der Waals surface area contributed by atoms with Gasteiger partial charge in [-0.15, -0.1) is 0 Å². The Labute approximate surface area is 134 Å². The van der Waals surface area contributed by atoms with Gasteiger partial charge in [0.25, 0.3) is 0 Å². The molecular formula is C14H20N2O6S. The summed E-state index contributed by atoms with van der Waals surface area (Å²) in [6, 6.07) is 4.06. The van der Waals surface area contributed by atoms with E-state index in [1.165, 1.54) is 12.1 Å². The lowest BCUT2D eigenvalue weighted by Gasteiger charge is -2.30. The Hall–Kier alpha value is -1.68. The quantitative estimate of drug-likeness (QED) is 0.591. The van der Waals surface area contributed by atoms with Crippen LogP contribution in [0.5, 0.6) is 0 Å². The van der Waals surface area contributed by atoms with Gasteiger partial charge in [0, 0.05) is 26.2 Å². The van der Waals surface area contributed by atoms with Crippen LogP contribution in [0.15, 0.2) is 23.1 Å². The van der Waals surface area contributed by atoms with E-state index in [1.54, 1.807) is 0 Å². The fourth-order valence-corrected chi connectivity index (χ4v) is 3.40. The van der Waals surface area contributed by atoms with E-state index in [1.807, 2.05) is 4.90 Å². The summed E-state index contributed by atoms with van der Waals surface area (Å²) in [5.41, 5.74) is 0.423. The molecule has 1 heterocycles. The van der Waals surface area contributed by atoms with E-state index in [2.05, 4.69) is 4.72 Å². The molecule has 1 aliphatic rings. The third-order valence-corrected chi connectivity index (χ3v) is 4.95. The predicted octanol–water partition coefficient (Wildman–Crippen LogP) is -0.118. The SMILES string of the molecule is O=C(O)c1cc(S(=O)(=O)NCCCO)ccc1N1CCOCC1. The van der Waals surface area contributed by atoms with Gasteiger partial charge in [0.1, 0.15) is 0 Å². The number of morpholine rings is 1. The molecular weight excluding hydrogens is 324 g/mol. The number of aliphatic hydroxyl groups excluding tert-OH is 1. The lowest BCUT2D eigenvalue weighted by molar-refractivity contribution is 0.0696. The third kappa shape index (κ3) is 4.41. The van der Waals surface area contributed by atoms with E-state index in [-0.39, 0.29) is 30.0 Å². The normalized spacial score (nSPS) is 15.6. The van der Waals surface area contributed by atoms with Crippen molar-refractivity contribution in [2.75, 3.05) is 44.4 Å². The third-order valence-electron chi connectivity index (χ3n) is 3.49. The molecule has 2 rings (SSSR count). The van der Waals surface area contributed by atoms with Crippen LogP contribution in [0.3, 0.4) is 0 Å². The monoisotopic (exact) mass is 344 g/mol. The number of aliphatic hydroxyl groups is 1. The number of hydrogen-bond acceptors (Lipinski definition) is 6. The summed E-state index contributed by atoms with van der Waals surface area (Å²) in [5, 5.41) is 18.1. The molecule has 0 amide bonds. The van der Waals surface area contributed by atoms with Crippen LogP contribution in [0.2, 0.25) is 0 Å². The topological polar surface area (TPSA) is 116 Å². The lowest BCUT2D eigenvalue weighted by Crippen LogP contribution is -2.37. The van der Waals surface area contributed by atoms with Crippen molar-refractivity contribution in [2.24, 2.45) is 0 Å². The highest BCUT2D eigenvalue weighted by Gasteiger charge is 2.22. The zero-order valence-electron chi connectivity index (χ0n) is 12.6. The summed E-state index contributed by atoms with van der Waals surface area (Å²) in [6.07, 6.45) is 0.289. The van der Waals surface area contributed by atoms with Crippen LogP contribution < -0.4 is 9.62 Å². The van der Waals surface area contributed by atoms with Crippen molar-refractivity contribution in [3.05, 3.63) is 23.8 Å². The second-order valence-electron chi connectivity index (χ2n) is 5.06. The molecule has 0 unspecified atom stereocenters. The standard InChI is InChI=1S/C14H20N2O6S/c17-7-1-4-15-23(20,21)11-2-3-13(12(10-11)14(18)19)16-5-8-22-9-6-16/h2-3,10,15,17H,1,4-9H2,(H,18,19). The molecule has 0 aliphatic carbocycles.